The molecule has 3 N–H and O–H groups in total. The molecule has 12 nitrogen and oxygen atoms in total. The van der Waals surface area contributed by atoms with E-state index in [9.17, 15) is 26.7 Å². The molecule has 1 unspecified atom stereocenters. The highest BCUT2D eigenvalue weighted by Gasteiger charge is 2.51. The molecular formula is C32H38F3N9O3S. The number of hydrogen-bond donors (Lipinski definition) is 3. The Balaban J connectivity index is 1.26. The Bertz CT molecular complexity index is 1850. The molecule has 4 aromatic rings. The third kappa shape index (κ3) is 7.29. The van der Waals surface area contributed by atoms with Crippen LogP contribution in [0.2, 0.25) is 0 Å². The summed E-state index contributed by atoms with van der Waals surface area (Å²) in [6, 6.07) is 6.27. The molecule has 0 aliphatic heterocycles. The van der Waals surface area contributed by atoms with Crippen LogP contribution in [-0.2, 0) is 15.6 Å². The van der Waals surface area contributed by atoms with E-state index in [1.807, 2.05) is 0 Å². The van der Waals surface area contributed by atoms with E-state index in [2.05, 4.69) is 54.7 Å². The van der Waals surface area contributed by atoms with Crippen LogP contribution in [0.3, 0.4) is 0 Å². The van der Waals surface area contributed by atoms with Crippen molar-refractivity contribution in [3.63, 3.8) is 0 Å². The zero-order chi connectivity index (χ0) is 34.3. The van der Waals surface area contributed by atoms with Crippen LogP contribution in [0.5, 0.6) is 0 Å². The summed E-state index contributed by atoms with van der Waals surface area (Å²) in [6.45, 7) is 1.73. The van der Waals surface area contributed by atoms with E-state index >= 15 is 0 Å². The van der Waals surface area contributed by atoms with Gasteiger partial charge in [-0.3, -0.25) is 4.98 Å². The summed E-state index contributed by atoms with van der Waals surface area (Å²) in [5.74, 6) is 1.73. The van der Waals surface area contributed by atoms with Gasteiger partial charge >= 0.3 is 6.18 Å². The minimum atomic E-state index is -4.86. The molecule has 2 aliphatic rings. The second-order valence-corrected chi connectivity index (χ2v) is 15.0. The lowest BCUT2D eigenvalue weighted by Crippen LogP contribution is -2.39. The number of halogens is 3. The summed E-state index contributed by atoms with van der Waals surface area (Å²) >= 11 is 0. The summed E-state index contributed by atoms with van der Waals surface area (Å²) in [5, 5.41) is 20.5. The normalized spacial score (nSPS) is 20.0. The van der Waals surface area contributed by atoms with Gasteiger partial charge in [0.05, 0.1) is 28.9 Å². The molecule has 1 atom stereocenters. The van der Waals surface area contributed by atoms with E-state index < -0.39 is 27.1 Å². The molecule has 0 bridgehead atoms. The maximum Gasteiger partial charge on any atom is 0.421 e. The molecule has 256 valence electrons. The van der Waals surface area contributed by atoms with Gasteiger partial charge in [-0.25, -0.2) is 23.4 Å². The molecule has 2 saturated carbocycles. The molecule has 2 fully saturated rings. The van der Waals surface area contributed by atoms with Crippen molar-refractivity contribution in [1.82, 2.24) is 34.0 Å². The lowest BCUT2D eigenvalue weighted by atomic mass is 9.85. The number of rotatable bonds is 11. The molecule has 0 radical (unpaired) electrons. The minimum Gasteiger partial charge on any atom is -0.382 e. The van der Waals surface area contributed by atoms with Crippen molar-refractivity contribution in [2.45, 2.75) is 68.5 Å². The molecule has 4 aromatic heterocycles. The number of nitrogens with zero attached hydrogens (tertiary/aromatic N) is 7. The molecule has 48 heavy (non-hydrogen) atoms. The highest BCUT2D eigenvalue weighted by molar-refractivity contribution is 7.90. The van der Waals surface area contributed by atoms with Crippen LogP contribution in [0.4, 0.5) is 30.5 Å². The Kier molecular flexibility index (Phi) is 9.17. The van der Waals surface area contributed by atoms with E-state index in [-0.39, 0.29) is 17.4 Å². The fourth-order valence-corrected chi connectivity index (χ4v) is 7.33. The first-order chi connectivity index (χ1) is 22.7. The number of hydrogen-bond acceptors (Lipinski definition) is 11. The average Bonchev–Trinajstić information content (AvgIpc) is 3.78. The average molecular weight is 686 g/mol. The van der Waals surface area contributed by atoms with Gasteiger partial charge in [-0.15, -0.1) is 0 Å². The lowest BCUT2D eigenvalue weighted by Gasteiger charge is -2.31. The summed E-state index contributed by atoms with van der Waals surface area (Å²) in [5.41, 5.74) is -1.31. The van der Waals surface area contributed by atoms with Crippen LogP contribution in [0.15, 0.2) is 55.2 Å². The third-order valence-corrected chi connectivity index (χ3v) is 10.9. The molecular weight excluding hydrogens is 647 g/mol. The smallest absolute Gasteiger partial charge is 0.382 e. The van der Waals surface area contributed by atoms with Crippen LogP contribution >= 0.6 is 0 Å². The fraction of sp³-hybridized carbons (Fsp3) is 0.469. The second kappa shape index (κ2) is 13.0. The Morgan fingerprint density at radius 3 is 2.38 bits per heavy atom. The summed E-state index contributed by atoms with van der Waals surface area (Å²) in [7, 11) is 0.609. The molecule has 16 heteroatoms. The van der Waals surface area contributed by atoms with Gasteiger partial charge in [-0.1, -0.05) is 6.07 Å². The first-order valence-corrected chi connectivity index (χ1v) is 17.3. The summed E-state index contributed by atoms with van der Waals surface area (Å²) in [6.07, 6.45) is 7.36. The molecule has 0 aromatic carbocycles. The zero-order valence-corrected chi connectivity index (χ0v) is 27.6. The largest absolute Gasteiger partial charge is 0.421 e. The first kappa shape index (κ1) is 33.7. The zero-order valence-electron chi connectivity index (χ0n) is 26.8. The summed E-state index contributed by atoms with van der Waals surface area (Å²) < 4.78 is 66.5. The van der Waals surface area contributed by atoms with Crippen LogP contribution < -0.4 is 10.6 Å². The molecule has 0 amide bonds. The quantitative estimate of drug-likeness (QED) is 0.192. The van der Waals surface area contributed by atoms with E-state index in [1.165, 1.54) is 24.5 Å². The molecule has 4 heterocycles. The SMILES string of the molecule is CN(C)CC1CCC(Nc2cc(Nc3ccnc(-c4cnn(S(=O)(=O)C5CC5)c4)n3)ncc2-c2ccc(C(C)(O)C(F)(F)F)cn2)CC1. The number of anilines is 3. The van der Waals surface area contributed by atoms with Gasteiger partial charge in [0.15, 0.2) is 11.4 Å². The third-order valence-electron chi connectivity index (χ3n) is 8.82. The Labute approximate surface area is 276 Å². The van der Waals surface area contributed by atoms with Gasteiger partial charge in [0.1, 0.15) is 11.6 Å². The lowest BCUT2D eigenvalue weighted by molar-refractivity contribution is -0.259. The maximum atomic E-state index is 13.4. The maximum absolute atomic E-state index is 13.4. The van der Waals surface area contributed by atoms with Crippen molar-refractivity contribution in [3.05, 3.63) is 60.8 Å². The van der Waals surface area contributed by atoms with Crippen molar-refractivity contribution in [1.29, 1.82) is 0 Å². The first-order valence-electron chi connectivity index (χ1n) is 15.8. The van der Waals surface area contributed by atoms with Crippen molar-refractivity contribution in [2.75, 3.05) is 31.3 Å². The van der Waals surface area contributed by atoms with E-state index in [0.29, 0.717) is 59.8 Å². The van der Waals surface area contributed by atoms with Crippen molar-refractivity contribution in [2.24, 2.45) is 5.92 Å². The Hall–Kier alpha value is -4.15. The fourth-order valence-electron chi connectivity index (χ4n) is 5.85. The van der Waals surface area contributed by atoms with Crippen LogP contribution in [0, 0.1) is 5.92 Å². The monoisotopic (exact) mass is 685 g/mol. The Morgan fingerprint density at radius 2 is 1.73 bits per heavy atom. The molecule has 0 spiro atoms. The van der Waals surface area contributed by atoms with E-state index in [0.717, 1.165) is 42.5 Å². The van der Waals surface area contributed by atoms with Gasteiger partial charge < -0.3 is 20.6 Å². The van der Waals surface area contributed by atoms with E-state index in [1.54, 1.807) is 24.5 Å². The Morgan fingerprint density at radius 1 is 0.979 bits per heavy atom. The molecule has 2 aliphatic carbocycles. The van der Waals surface area contributed by atoms with E-state index in [4.69, 9.17) is 0 Å². The summed E-state index contributed by atoms with van der Waals surface area (Å²) in [4.78, 5) is 19.9. The van der Waals surface area contributed by atoms with Gasteiger partial charge in [0, 0.05) is 54.1 Å². The van der Waals surface area contributed by atoms with Crippen molar-refractivity contribution < 1.29 is 26.7 Å². The van der Waals surface area contributed by atoms with Crippen LogP contribution in [0.1, 0.15) is 51.0 Å². The van der Waals surface area contributed by atoms with Gasteiger partial charge in [-0.2, -0.15) is 22.4 Å². The topological polar surface area (TPSA) is 151 Å². The van der Waals surface area contributed by atoms with Gasteiger partial charge in [0.25, 0.3) is 10.0 Å². The van der Waals surface area contributed by atoms with Crippen LogP contribution in [-0.4, -0.2) is 85.7 Å². The predicted octanol–water partition coefficient (Wildman–Crippen LogP) is 5.18. The second-order valence-electron chi connectivity index (χ2n) is 13.0. The minimum absolute atomic E-state index is 0.164. The van der Waals surface area contributed by atoms with Gasteiger partial charge in [0.2, 0.25) is 0 Å². The molecule has 0 saturated heterocycles. The van der Waals surface area contributed by atoms with Gasteiger partial charge in [-0.05, 0) is 77.6 Å². The number of aliphatic hydroxyl groups is 1. The standard InChI is InChI=1S/C32H38F3N9O3S/c1-31(45,32(33,34)35)22-6-11-26(37-16-22)25-17-38-29(14-27(25)40-23-7-4-20(5-8-23)18-43(2)3)41-28-12-13-36-30(42-28)21-15-39-44(19-21)48(46,47)24-9-10-24/h6,11-17,19-20,23-24,45H,4-5,7-10,18H2,1-3H3,(H2,36,38,40,41,42). The number of nitrogens with one attached hydrogen (secondary N) is 2. The predicted molar refractivity (Wildman–Crippen MR) is 175 cm³/mol. The number of aromatic nitrogens is 6. The highest BCUT2D eigenvalue weighted by atomic mass is 32.2. The molecule has 6 rings (SSSR count). The number of pyridine rings is 2. The van der Waals surface area contributed by atoms with Crippen molar-refractivity contribution >= 4 is 27.3 Å². The van der Waals surface area contributed by atoms with Crippen LogP contribution in [0.25, 0.3) is 22.6 Å². The van der Waals surface area contributed by atoms with Crippen molar-refractivity contribution in [3.8, 4) is 22.6 Å². The highest BCUT2D eigenvalue weighted by Crippen LogP contribution is 2.39. The number of alkyl halides is 3.